The van der Waals surface area contributed by atoms with Crippen molar-refractivity contribution in [2.45, 2.75) is 17.4 Å². The number of thioether (sulfide) groups is 1. The van der Waals surface area contributed by atoms with Gasteiger partial charge >= 0.3 is 0 Å². The molecule has 2 aromatic heterocycles. The standard InChI is InChI=1S/C20H25N5O4S2/c1-29-13-11-21-31(27,28)16-8-6-15(7-9-16)20(26)22-17(10-14-30-2)19-24-23-18-5-3-4-12-25(18)19/h3-9,12,17,21H,10-11,13-14H2,1-2H3,(H,22,26). The van der Waals surface area contributed by atoms with Gasteiger partial charge in [0.05, 0.1) is 17.5 Å². The molecular weight excluding hydrogens is 438 g/mol. The van der Waals surface area contributed by atoms with E-state index in [0.29, 0.717) is 23.5 Å². The fraction of sp³-hybridized carbons (Fsp3) is 0.350. The van der Waals surface area contributed by atoms with E-state index in [1.54, 1.807) is 11.8 Å². The molecular formula is C20H25N5O4S2. The Hall–Kier alpha value is -2.47. The van der Waals surface area contributed by atoms with Crippen LogP contribution < -0.4 is 10.0 Å². The maximum atomic E-state index is 12.9. The smallest absolute Gasteiger partial charge is 0.251 e. The molecule has 9 nitrogen and oxygen atoms in total. The van der Waals surface area contributed by atoms with Crippen LogP contribution >= 0.6 is 11.8 Å². The highest BCUT2D eigenvalue weighted by atomic mass is 32.2. The quantitative estimate of drug-likeness (QED) is 0.417. The van der Waals surface area contributed by atoms with E-state index in [1.165, 1.54) is 31.4 Å². The Kier molecular flexibility index (Phi) is 8.02. The number of carbonyl (C=O) groups is 1. The predicted octanol–water partition coefficient (Wildman–Crippen LogP) is 1.88. The third-order valence-electron chi connectivity index (χ3n) is 4.59. The van der Waals surface area contributed by atoms with E-state index < -0.39 is 10.0 Å². The Bertz CT molecular complexity index is 1120. The van der Waals surface area contributed by atoms with Crippen LogP contribution in [0.3, 0.4) is 0 Å². The lowest BCUT2D eigenvalue weighted by atomic mass is 10.1. The van der Waals surface area contributed by atoms with Crippen LogP contribution in [0.5, 0.6) is 0 Å². The van der Waals surface area contributed by atoms with Crippen molar-refractivity contribution in [3.63, 3.8) is 0 Å². The third-order valence-corrected chi connectivity index (χ3v) is 6.71. The van der Waals surface area contributed by atoms with Crippen molar-refractivity contribution in [1.29, 1.82) is 0 Å². The molecule has 0 aliphatic rings. The molecule has 0 aliphatic carbocycles. The first kappa shape index (κ1) is 23.2. The minimum atomic E-state index is -3.66. The summed E-state index contributed by atoms with van der Waals surface area (Å²) in [5.41, 5.74) is 1.07. The van der Waals surface area contributed by atoms with Crippen molar-refractivity contribution in [2.24, 2.45) is 0 Å². The number of amides is 1. The number of nitrogens with zero attached hydrogens (tertiary/aromatic N) is 3. The molecule has 2 N–H and O–H groups in total. The van der Waals surface area contributed by atoms with Crippen molar-refractivity contribution in [3.05, 3.63) is 60.0 Å². The van der Waals surface area contributed by atoms with Crippen LogP contribution in [0.2, 0.25) is 0 Å². The first-order chi connectivity index (χ1) is 15.0. The van der Waals surface area contributed by atoms with Gasteiger partial charge in [-0.2, -0.15) is 11.8 Å². The fourth-order valence-corrected chi connectivity index (χ4v) is 4.47. The van der Waals surface area contributed by atoms with Gasteiger partial charge in [0.25, 0.3) is 5.91 Å². The van der Waals surface area contributed by atoms with Gasteiger partial charge in [-0.05, 0) is 54.8 Å². The number of rotatable bonds is 11. The number of fused-ring (bicyclic) bond motifs is 1. The third kappa shape index (κ3) is 5.82. The summed E-state index contributed by atoms with van der Waals surface area (Å²) in [6.45, 7) is 0.443. The van der Waals surface area contributed by atoms with Gasteiger partial charge in [0, 0.05) is 25.4 Å². The number of hydrogen-bond acceptors (Lipinski definition) is 7. The van der Waals surface area contributed by atoms with Gasteiger partial charge in [-0.25, -0.2) is 13.1 Å². The summed E-state index contributed by atoms with van der Waals surface area (Å²) in [6, 6.07) is 11.1. The Labute approximate surface area is 185 Å². The zero-order chi connectivity index (χ0) is 22.3. The molecule has 0 aliphatic heterocycles. The molecule has 3 aromatic rings. The monoisotopic (exact) mass is 463 g/mol. The van der Waals surface area contributed by atoms with Crippen LogP contribution in [0.25, 0.3) is 5.65 Å². The first-order valence-electron chi connectivity index (χ1n) is 9.64. The van der Waals surface area contributed by atoms with Crippen LogP contribution in [-0.2, 0) is 14.8 Å². The normalized spacial score (nSPS) is 12.7. The molecule has 0 bridgehead atoms. The van der Waals surface area contributed by atoms with E-state index in [4.69, 9.17) is 4.74 Å². The largest absolute Gasteiger partial charge is 0.383 e. The maximum Gasteiger partial charge on any atom is 0.251 e. The minimum Gasteiger partial charge on any atom is -0.383 e. The summed E-state index contributed by atoms with van der Waals surface area (Å²) >= 11 is 1.68. The van der Waals surface area contributed by atoms with E-state index in [-0.39, 0.29) is 30.0 Å². The zero-order valence-corrected chi connectivity index (χ0v) is 18.9. The van der Waals surface area contributed by atoms with Crippen molar-refractivity contribution in [1.82, 2.24) is 24.6 Å². The Balaban J connectivity index is 1.76. The minimum absolute atomic E-state index is 0.0857. The molecule has 31 heavy (non-hydrogen) atoms. The molecule has 0 radical (unpaired) electrons. The summed E-state index contributed by atoms with van der Waals surface area (Å²) in [4.78, 5) is 13.0. The van der Waals surface area contributed by atoms with Crippen molar-refractivity contribution in [2.75, 3.05) is 32.3 Å². The number of hydrogen-bond donors (Lipinski definition) is 2. The van der Waals surface area contributed by atoms with Crippen LogP contribution in [0.15, 0.2) is 53.6 Å². The molecule has 0 saturated heterocycles. The first-order valence-corrected chi connectivity index (χ1v) is 12.5. The molecule has 3 rings (SSSR count). The van der Waals surface area contributed by atoms with Gasteiger partial charge in [-0.1, -0.05) is 6.07 Å². The lowest BCUT2D eigenvalue weighted by molar-refractivity contribution is 0.0933. The van der Waals surface area contributed by atoms with Crippen molar-refractivity contribution in [3.8, 4) is 0 Å². The molecule has 1 atom stereocenters. The number of pyridine rings is 1. The Morgan fingerprint density at radius 1 is 1.19 bits per heavy atom. The molecule has 1 amide bonds. The molecule has 0 spiro atoms. The van der Waals surface area contributed by atoms with Crippen LogP contribution in [-0.4, -0.2) is 61.2 Å². The molecule has 1 unspecified atom stereocenters. The van der Waals surface area contributed by atoms with Crippen LogP contribution in [0.4, 0.5) is 0 Å². The number of ether oxygens (including phenoxy) is 1. The molecule has 11 heteroatoms. The second-order valence-electron chi connectivity index (χ2n) is 6.71. The molecule has 0 saturated carbocycles. The van der Waals surface area contributed by atoms with E-state index in [2.05, 4.69) is 20.2 Å². The zero-order valence-electron chi connectivity index (χ0n) is 17.3. The number of benzene rings is 1. The van der Waals surface area contributed by atoms with Crippen LogP contribution in [0, 0.1) is 0 Å². The van der Waals surface area contributed by atoms with E-state index in [0.717, 1.165) is 5.75 Å². The number of nitrogens with one attached hydrogen (secondary N) is 2. The van der Waals surface area contributed by atoms with Crippen molar-refractivity contribution < 1.29 is 17.9 Å². The molecule has 166 valence electrons. The number of aromatic nitrogens is 3. The molecule has 2 heterocycles. The SMILES string of the molecule is COCCNS(=O)(=O)c1ccc(C(=O)NC(CCSC)c2nnc3ccccn23)cc1. The van der Waals surface area contributed by atoms with E-state index in [1.807, 2.05) is 35.1 Å². The maximum absolute atomic E-state index is 12.9. The Morgan fingerprint density at radius 2 is 1.97 bits per heavy atom. The second kappa shape index (κ2) is 10.7. The van der Waals surface area contributed by atoms with Gasteiger partial charge < -0.3 is 10.1 Å². The summed E-state index contributed by atoms with van der Waals surface area (Å²) in [5, 5.41) is 11.4. The fourth-order valence-electron chi connectivity index (χ4n) is 2.99. The highest BCUT2D eigenvalue weighted by Gasteiger charge is 2.21. The summed E-state index contributed by atoms with van der Waals surface area (Å²) < 4.78 is 33.7. The topological polar surface area (TPSA) is 115 Å². The van der Waals surface area contributed by atoms with E-state index in [9.17, 15) is 13.2 Å². The van der Waals surface area contributed by atoms with E-state index >= 15 is 0 Å². The van der Waals surface area contributed by atoms with Gasteiger partial charge in [0.2, 0.25) is 10.0 Å². The number of carbonyl (C=O) groups excluding carboxylic acids is 1. The molecule has 0 fully saturated rings. The lowest BCUT2D eigenvalue weighted by Crippen LogP contribution is -2.30. The second-order valence-corrected chi connectivity index (χ2v) is 9.46. The number of sulfonamides is 1. The Morgan fingerprint density at radius 3 is 2.68 bits per heavy atom. The van der Waals surface area contributed by atoms with Gasteiger partial charge in [-0.3, -0.25) is 9.20 Å². The summed E-state index contributed by atoms with van der Waals surface area (Å²) in [6.07, 6.45) is 4.54. The van der Waals surface area contributed by atoms with Gasteiger partial charge in [0.1, 0.15) is 0 Å². The highest BCUT2D eigenvalue weighted by Crippen LogP contribution is 2.19. The highest BCUT2D eigenvalue weighted by molar-refractivity contribution is 7.98. The average molecular weight is 464 g/mol. The van der Waals surface area contributed by atoms with Gasteiger partial charge in [-0.15, -0.1) is 10.2 Å². The lowest BCUT2D eigenvalue weighted by Gasteiger charge is -2.17. The summed E-state index contributed by atoms with van der Waals surface area (Å²) in [7, 11) is -2.16. The summed E-state index contributed by atoms with van der Waals surface area (Å²) in [5.74, 6) is 1.17. The molecule has 1 aromatic carbocycles. The predicted molar refractivity (Wildman–Crippen MR) is 120 cm³/mol. The average Bonchev–Trinajstić information content (AvgIpc) is 3.21. The number of methoxy groups -OCH3 is 1. The van der Waals surface area contributed by atoms with Gasteiger partial charge in [0.15, 0.2) is 11.5 Å². The van der Waals surface area contributed by atoms with Crippen LogP contribution in [0.1, 0.15) is 28.6 Å². The van der Waals surface area contributed by atoms with Crippen molar-refractivity contribution >= 4 is 33.3 Å².